The Kier molecular flexibility index (Phi) is 3.02. The van der Waals surface area contributed by atoms with Gasteiger partial charge < -0.3 is 10.1 Å². The van der Waals surface area contributed by atoms with Crippen LogP contribution in [0.3, 0.4) is 0 Å². The third-order valence-electron chi connectivity index (χ3n) is 3.36. The first kappa shape index (κ1) is 10.3. The molecule has 0 radical (unpaired) electrons. The fourth-order valence-corrected chi connectivity index (χ4v) is 3.92. The molecule has 4 heteroatoms. The first-order valence-corrected chi connectivity index (χ1v) is 6.36. The van der Waals surface area contributed by atoms with Crippen LogP contribution in [0.15, 0.2) is 0 Å². The highest BCUT2D eigenvalue weighted by Gasteiger charge is 2.49. The lowest BCUT2D eigenvalue weighted by Gasteiger charge is -2.32. The molecule has 0 aromatic carbocycles. The van der Waals surface area contributed by atoms with Crippen LogP contribution in [0.2, 0.25) is 0 Å². The van der Waals surface area contributed by atoms with Gasteiger partial charge in [-0.1, -0.05) is 0 Å². The molecular formula is C10H17NO2S. The van der Waals surface area contributed by atoms with Crippen molar-refractivity contribution in [1.82, 2.24) is 5.32 Å². The number of nitrogens with one attached hydrogen (secondary N) is 1. The molecule has 0 saturated carbocycles. The molecule has 0 amide bonds. The van der Waals surface area contributed by atoms with E-state index in [1.807, 2.05) is 11.8 Å². The van der Waals surface area contributed by atoms with E-state index in [0.29, 0.717) is 5.92 Å². The maximum atomic E-state index is 11.8. The summed E-state index contributed by atoms with van der Waals surface area (Å²) in [5.74, 6) is 2.71. The molecule has 14 heavy (non-hydrogen) atoms. The van der Waals surface area contributed by atoms with Crippen molar-refractivity contribution in [3.63, 3.8) is 0 Å². The zero-order valence-corrected chi connectivity index (χ0v) is 9.36. The summed E-state index contributed by atoms with van der Waals surface area (Å²) in [5, 5.41) is 3.37. The summed E-state index contributed by atoms with van der Waals surface area (Å²) in [4.78, 5) is 11.8. The number of carbonyl (C=O) groups is 1. The van der Waals surface area contributed by atoms with E-state index in [2.05, 4.69) is 5.32 Å². The van der Waals surface area contributed by atoms with Crippen molar-refractivity contribution in [3.8, 4) is 0 Å². The lowest BCUT2D eigenvalue weighted by atomic mass is 9.82. The van der Waals surface area contributed by atoms with Crippen LogP contribution in [0, 0.1) is 5.92 Å². The normalized spacial score (nSPS) is 37.4. The van der Waals surface area contributed by atoms with Crippen LogP contribution in [0.1, 0.15) is 19.3 Å². The van der Waals surface area contributed by atoms with Gasteiger partial charge in [-0.15, -0.1) is 0 Å². The molecule has 0 aromatic heterocycles. The molecule has 2 rings (SSSR count). The van der Waals surface area contributed by atoms with Gasteiger partial charge in [-0.25, -0.2) is 0 Å². The summed E-state index contributed by atoms with van der Waals surface area (Å²) in [7, 11) is 1.49. The Balaban J connectivity index is 2.16. The van der Waals surface area contributed by atoms with Crippen LogP contribution in [0.5, 0.6) is 0 Å². The van der Waals surface area contributed by atoms with Gasteiger partial charge >= 0.3 is 5.97 Å². The topological polar surface area (TPSA) is 38.3 Å². The van der Waals surface area contributed by atoms with Crippen LogP contribution in [0.4, 0.5) is 0 Å². The van der Waals surface area contributed by atoms with E-state index in [1.165, 1.54) is 12.9 Å². The SMILES string of the molecule is COC(=O)C1(C2CCSC2)CCCN1. The maximum Gasteiger partial charge on any atom is 0.326 e. The van der Waals surface area contributed by atoms with Crippen LogP contribution in [0.25, 0.3) is 0 Å². The van der Waals surface area contributed by atoms with E-state index >= 15 is 0 Å². The summed E-state index contributed by atoms with van der Waals surface area (Å²) in [6, 6.07) is 0. The van der Waals surface area contributed by atoms with E-state index < -0.39 is 0 Å². The molecule has 2 aliphatic heterocycles. The molecule has 80 valence electrons. The van der Waals surface area contributed by atoms with E-state index in [-0.39, 0.29) is 11.5 Å². The molecule has 0 aromatic rings. The molecule has 2 fully saturated rings. The van der Waals surface area contributed by atoms with Gasteiger partial charge in [-0.05, 0) is 43.2 Å². The summed E-state index contributed by atoms with van der Waals surface area (Å²) < 4.78 is 4.94. The van der Waals surface area contributed by atoms with Crippen molar-refractivity contribution in [2.75, 3.05) is 25.2 Å². The highest BCUT2D eigenvalue weighted by molar-refractivity contribution is 7.99. The lowest BCUT2D eigenvalue weighted by molar-refractivity contribution is -0.150. The molecule has 0 spiro atoms. The third-order valence-corrected chi connectivity index (χ3v) is 4.53. The fraction of sp³-hybridized carbons (Fsp3) is 0.900. The minimum Gasteiger partial charge on any atom is -0.468 e. The number of hydrogen-bond acceptors (Lipinski definition) is 4. The van der Waals surface area contributed by atoms with E-state index in [4.69, 9.17) is 4.74 Å². The minimum atomic E-state index is -0.349. The summed E-state index contributed by atoms with van der Waals surface area (Å²) in [6.45, 7) is 0.955. The first-order valence-electron chi connectivity index (χ1n) is 5.21. The average molecular weight is 215 g/mol. The standard InChI is InChI=1S/C10H17NO2S/c1-13-9(12)10(4-2-5-11-10)8-3-6-14-7-8/h8,11H,2-7H2,1H3. The van der Waals surface area contributed by atoms with Crippen molar-refractivity contribution in [1.29, 1.82) is 0 Å². The van der Waals surface area contributed by atoms with Crippen LogP contribution >= 0.6 is 11.8 Å². The predicted octanol–water partition coefficient (Wildman–Crippen LogP) is 1.03. The number of carbonyl (C=O) groups excluding carboxylic acids is 1. The number of methoxy groups -OCH3 is 1. The molecule has 2 unspecified atom stereocenters. The lowest BCUT2D eigenvalue weighted by Crippen LogP contribution is -2.54. The Labute approximate surface area is 89.0 Å². The van der Waals surface area contributed by atoms with Gasteiger partial charge in [0.25, 0.3) is 0 Å². The van der Waals surface area contributed by atoms with Crippen molar-refractivity contribution >= 4 is 17.7 Å². The zero-order chi connectivity index (χ0) is 10.0. The Morgan fingerprint density at radius 2 is 2.50 bits per heavy atom. The molecule has 2 aliphatic rings. The summed E-state index contributed by atoms with van der Waals surface area (Å²) in [5.41, 5.74) is -0.349. The molecule has 1 N–H and O–H groups in total. The van der Waals surface area contributed by atoms with Crippen molar-refractivity contribution in [2.24, 2.45) is 5.92 Å². The number of ether oxygens (including phenoxy) is 1. The number of hydrogen-bond donors (Lipinski definition) is 1. The number of thioether (sulfide) groups is 1. The minimum absolute atomic E-state index is 0.0532. The van der Waals surface area contributed by atoms with Crippen molar-refractivity contribution in [3.05, 3.63) is 0 Å². The highest BCUT2D eigenvalue weighted by Crippen LogP contribution is 2.38. The van der Waals surface area contributed by atoms with Gasteiger partial charge in [0.15, 0.2) is 0 Å². The third kappa shape index (κ3) is 1.54. The Morgan fingerprint density at radius 1 is 1.64 bits per heavy atom. The zero-order valence-electron chi connectivity index (χ0n) is 8.54. The highest BCUT2D eigenvalue weighted by atomic mass is 32.2. The predicted molar refractivity (Wildman–Crippen MR) is 57.4 cm³/mol. The van der Waals surface area contributed by atoms with E-state index in [9.17, 15) is 4.79 Å². The van der Waals surface area contributed by atoms with Gasteiger partial charge in [-0.2, -0.15) is 11.8 Å². The van der Waals surface area contributed by atoms with E-state index in [1.54, 1.807) is 0 Å². The monoisotopic (exact) mass is 215 g/mol. The summed E-state index contributed by atoms with van der Waals surface area (Å²) in [6.07, 6.45) is 3.19. The maximum absolute atomic E-state index is 11.8. The Morgan fingerprint density at radius 3 is 3.00 bits per heavy atom. The Bertz CT molecular complexity index is 220. The van der Waals surface area contributed by atoms with Crippen molar-refractivity contribution in [2.45, 2.75) is 24.8 Å². The largest absolute Gasteiger partial charge is 0.468 e. The second-order valence-electron chi connectivity index (χ2n) is 4.05. The molecule has 2 atom stereocenters. The quantitative estimate of drug-likeness (QED) is 0.698. The van der Waals surface area contributed by atoms with Crippen LogP contribution < -0.4 is 5.32 Å². The molecule has 2 saturated heterocycles. The van der Waals surface area contributed by atoms with Gasteiger partial charge in [-0.3, -0.25) is 4.79 Å². The summed E-state index contributed by atoms with van der Waals surface area (Å²) >= 11 is 1.95. The molecular weight excluding hydrogens is 198 g/mol. The van der Waals surface area contributed by atoms with Gasteiger partial charge in [0.05, 0.1) is 7.11 Å². The van der Waals surface area contributed by atoms with Crippen molar-refractivity contribution < 1.29 is 9.53 Å². The van der Waals surface area contributed by atoms with Crippen LogP contribution in [-0.4, -0.2) is 36.7 Å². The molecule has 0 bridgehead atoms. The Hall–Kier alpha value is -0.220. The number of esters is 1. The van der Waals surface area contributed by atoms with Gasteiger partial charge in [0, 0.05) is 0 Å². The molecule has 2 heterocycles. The second kappa shape index (κ2) is 4.11. The molecule has 3 nitrogen and oxygen atoms in total. The van der Waals surface area contributed by atoms with Gasteiger partial charge in [0.2, 0.25) is 0 Å². The fourth-order valence-electron chi connectivity index (χ4n) is 2.56. The van der Waals surface area contributed by atoms with Gasteiger partial charge in [0.1, 0.15) is 5.54 Å². The van der Waals surface area contributed by atoms with E-state index in [0.717, 1.165) is 31.6 Å². The smallest absolute Gasteiger partial charge is 0.326 e. The molecule has 0 aliphatic carbocycles. The number of rotatable bonds is 2. The average Bonchev–Trinajstić information content (AvgIpc) is 2.86. The van der Waals surface area contributed by atoms with Crippen LogP contribution in [-0.2, 0) is 9.53 Å². The first-order chi connectivity index (χ1) is 6.79. The second-order valence-corrected chi connectivity index (χ2v) is 5.20.